The summed E-state index contributed by atoms with van der Waals surface area (Å²) in [7, 11) is 0. The van der Waals surface area contributed by atoms with Crippen molar-refractivity contribution in [2.45, 2.75) is 19.0 Å². The SMILES string of the molecule is Cc1ccc([N+](=O)[O-])cc1N1C(=O)[C@@H]2[C@@H](C1=O)[C@H]1c3ccccc3C=CN1[C@@H]2C(=O)c1ccco1. The lowest BCUT2D eigenvalue weighted by molar-refractivity contribution is -0.384. The van der Waals surface area contributed by atoms with Gasteiger partial charge in [-0.25, -0.2) is 4.90 Å². The highest BCUT2D eigenvalue weighted by molar-refractivity contribution is 6.25. The number of Topliss-reactive ketones (excluding diaryl/α,β-unsaturated/α-hetero) is 1. The molecule has 3 aliphatic rings. The predicted octanol–water partition coefficient (Wildman–Crippen LogP) is 3.89. The van der Waals surface area contributed by atoms with Crippen LogP contribution >= 0.6 is 0 Å². The number of nitro groups is 1. The number of nitrogens with zero attached hydrogens (tertiary/aromatic N) is 3. The number of benzene rings is 2. The second-order valence-electron chi connectivity index (χ2n) is 8.91. The maximum absolute atomic E-state index is 13.9. The number of nitro benzene ring substituents is 1. The maximum atomic E-state index is 13.9. The van der Waals surface area contributed by atoms with E-state index in [0.29, 0.717) is 5.56 Å². The fraction of sp³-hybridized carbons (Fsp3) is 0.192. The number of amides is 2. The van der Waals surface area contributed by atoms with Gasteiger partial charge in [-0.15, -0.1) is 0 Å². The van der Waals surface area contributed by atoms with Gasteiger partial charge in [-0.05, 0) is 41.8 Å². The molecule has 0 saturated carbocycles. The summed E-state index contributed by atoms with van der Waals surface area (Å²) >= 11 is 0. The highest BCUT2D eigenvalue weighted by Gasteiger charge is 2.65. The summed E-state index contributed by atoms with van der Waals surface area (Å²) in [6.07, 6.45) is 5.02. The molecule has 0 unspecified atom stereocenters. The Kier molecular flexibility index (Phi) is 4.50. The number of carbonyl (C=O) groups is 3. The van der Waals surface area contributed by atoms with Crippen molar-refractivity contribution in [2.75, 3.05) is 4.90 Å². The average molecular weight is 469 g/mol. The number of aryl methyl sites for hydroxylation is 1. The summed E-state index contributed by atoms with van der Waals surface area (Å²) in [5.74, 6) is -3.12. The minimum Gasteiger partial charge on any atom is -0.461 e. The molecule has 2 fully saturated rings. The summed E-state index contributed by atoms with van der Waals surface area (Å²) in [5.41, 5.74) is 2.24. The Morgan fingerprint density at radius 1 is 1.03 bits per heavy atom. The lowest BCUT2D eigenvalue weighted by Gasteiger charge is -2.35. The van der Waals surface area contributed by atoms with Gasteiger partial charge in [0.05, 0.1) is 34.8 Å². The van der Waals surface area contributed by atoms with Crippen LogP contribution in [0.2, 0.25) is 0 Å². The van der Waals surface area contributed by atoms with E-state index >= 15 is 0 Å². The van der Waals surface area contributed by atoms with Crippen molar-refractivity contribution < 1.29 is 23.7 Å². The number of ketones is 1. The van der Waals surface area contributed by atoms with Crippen molar-refractivity contribution in [1.29, 1.82) is 0 Å². The molecule has 9 heteroatoms. The van der Waals surface area contributed by atoms with Gasteiger partial charge in [0, 0.05) is 18.3 Å². The standard InChI is InChI=1S/C26H19N3O6/c1-14-8-9-16(29(33)34)13-18(14)28-25(31)20-21(26(28)32)23(24(30)19-7-4-12-35-19)27-11-10-15-5-2-3-6-17(15)22(20)27/h2-13,20-23H,1H3/t20-,21-,22-,23+/m1/s1. The van der Waals surface area contributed by atoms with Crippen LogP contribution in [-0.2, 0) is 9.59 Å². The second-order valence-corrected chi connectivity index (χ2v) is 8.91. The Labute approximate surface area is 199 Å². The first-order chi connectivity index (χ1) is 16.9. The van der Waals surface area contributed by atoms with Gasteiger partial charge in [-0.1, -0.05) is 30.3 Å². The monoisotopic (exact) mass is 469 g/mol. The van der Waals surface area contributed by atoms with Crippen LogP contribution in [0, 0.1) is 28.9 Å². The molecule has 6 rings (SSSR count). The molecule has 1 aromatic heterocycles. The Bertz CT molecular complexity index is 1440. The number of non-ortho nitro benzene ring substituents is 1. The number of hydrogen-bond acceptors (Lipinski definition) is 7. The number of rotatable bonds is 4. The van der Waals surface area contributed by atoms with E-state index in [1.807, 2.05) is 30.3 Å². The van der Waals surface area contributed by atoms with E-state index in [9.17, 15) is 24.5 Å². The Hall–Kier alpha value is -4.53. The van der Waals surface area contributed by atoms with Crippen LogP contribution in [0.1, 0.15) is 33.3 Å². The molecule has 3 aliphatic heterocycles. The van der Waals surface area contributed by atoms with E-state index in [4.69, 9.17) is 4.42 Å². The van der Waals surface area contributed by atoms with Crippen LogP contribution in [0.25, 0.3) is 6.08 Å². The lowest BCUT2D eigenvalue weighted by atomic mass is 9.84. The third-order valence-corrected chi connectivity index (χ3v) is 7.14. The minimum atomic E-state index is -0.973. The highest BCUT2D eigenvalue weighted by atomic mass is 16.6. The molecular formula is C26H19N3O6. The summed E-state index contributed by atoms with van der Waals surface area (Å²) < 4.78 is 5.36. The van der Waals surface area contributed by atoms with Gasteiger partial charge >= 0.3 is 0 Å². The zero-order valence-electron chi connectivity index (χ0n) is 18.5. The third kappa shape index (κ3) is 2.91. The van der Waals surface area contributed by atoms with Gasteiger partial charge in [0.2, 0.25) is 17.6 Å². The van der Waals surface area contributed by atoms with E-state index < -0.39 is 46.4 Å². The molecule has 4 atom stereocenters. The van der Waals surface area contributed by atoms with Crippen LogP contribution < -0.4 is 4.90 Å². The molecule has 0 N–H and O–H groups in total. The van der Waals surface area contributed by atoms with Crippen molar-refractivity contribution in [1.82, 2.24) is 4.90 Å². The minimum absolute atomic E-state index is 0.104. The summed E-state index contributed by atoms with van der Waals surface area (Å²) in [6.45, 7) is 1.68. The fourth-order valence-electron chi connectivity index (χ4n) is 5.61. The van der Waals surface area contributed by atoms with Crippen LogP contribution in [-0.4, -0.2) is 33.5 Å². The molecule has 174 valence electrons. The van der Waals surface area contributed by atoms with Crippen molar-refractivity contribution in [3.8, 4) is 0 Å². The zero-order valence-corrected chi connectivity index (χ0v) is 18.5. The molecule has 35 heavy (non-hydrogen) atoms. The van der Waals surface area contributed by atoms with Gasteiger partial charge in [0.1, 0.15) is 6.04 Å². The first-order valence-electron chi connectivity index (χ1n) is 11.1. The molecule has 0 radical (unpaired) electrons. The normalized spacial score (nSPS) is 24.4. The van der Waals surface area contributed by atoms with Crippen molar-refractivity contribution in [3.05, 3.63) is 99.6 Å². The molecule has 0 aliphatic carbocycles. The molecule has 0 spiro atoms. The molecule has 3 aromatic rings. The van der Waals surface area contributed by atoms with Gasteiger partial charge in [0.15, 0.2) is 5.76 Å². The van der Waals surface area contributed by atoms with Crippen LogP contribution in [0.15, 0.2) is 71.5 Å². The average Bonchev–Trinajstić information content (AvgIpc) is 3.56. The molecule has 0 bridgehead atoms. The topological polar surface area (TPSA) is 114 Å². The maximum Gasteiger partial charge on any atom is 0.271 e. The highest BCUT2D eigenvalue weighted by Crippen LogP contribution is 2.54. The first kappa shape index (κ1) is 21.0. The molecule has 9 nitrogen and oxygen atoms in total. The second kappa shape index (κ2) is 7.49. The van der Waals surface area contributed by atoms with Gasteiger partial charge in [0.25, 0.3) is 5.69 Å². The lowest BCUT2D eigenvalue weighted by Crippen LogP contribution is -2.44. The van der Waals surface area contributed by atoms with Gasteiger partial charge < -0.3 is 9.32 Å². The number of carbonyl (C=O) groups excluding carboxylic acids is 3. The van der Waals surface area contributed by atoms with E-state index in [-0.39, 0.29) is 17.1 Å². The molecule has 2 aromatic carbocycles. The van der Waals surface area contributed by atoms with E-state index in [0.717, 1.165) is 16.0 Å². The van der Waals surface area contributed by atoms with Crippen LogP contribution in [0.3, 0.4) is 0 Å². The Morgan fingerprint density at radius 2 is 1.80 bits per heavy atom. The summed E-state index contributed by atoms with van der Waals surface area (Å²) in [4.78, 5) is 55.0. The number of imide groups is 1. The quantitative estimate of drug-likeness (QED) is 0.246. The smallest absolute Gasteiger partial charge is 0.271 e. The van der Waals surface area contributed by atoms with Gasteiger partial charge in [-0.3, -0.25) is 24.5 Å². The van der Waals surface area contributed by atoms with E-state index in [1.165, 1.54) is 30.5 Å². The van der Waals surface area contributed by atoms with Crippen molar-refractivity contribution >= 4 is 35.0 Å². The largest absolute Gasteiger partial charge is 0.461 e. The van der Waals surface area contributed by atoms with Crippen molar-refractivity contribution in [3.63, 3.8) is 0 Å². The van der Waals surface area contributed by atoms with E-state index in [2.05, 4.69) is 0 Å². The number of hydrogen-bond donors (Lipinski definition) is 0. The van der Waals surface area contributed by atoms with Crippen LogP contribution in [0.5, 0.6) is 0 Å². The Morgan fingerprint density at radius 3 is 2.54 bits per heavy atom. The summed E-state index contributed by atoms with van der Waals surface area (Å²) in [5, 5.41) is 11.4. The first-order valence-corrected chi connectivity index (χ1v) is 11.1. The third-order valence-electron chi connectivity index (χ3n) is 7.14. The Balaban J connectivity index is 1.51. The molecule has 2 saturated heterocycles. The van der Waals surface area contributed by atoms with Crippen molar-refractivity contribution in [2.24, 2.45) is 11.8 Å². The number of fused-ring (bicyclic) bond motifs is 5. The zero-order chi connectivity index (χ0) is 24.4. The van der Waals surface area contributed by atoms with Gasteiger partial charge in [-0.2, -0.15) is 0 Å². The van der Waals surface area contributed by atoms with Crippen LogP contribution in [0.4, 0.5) is 11.4 Å². The molecular weight excluding hydrogens is 450 g/mol. The predicted molar refractivity (Wildman–Crippen MR) is 124 cm³/mol. The number of furan rings is 1. The summed E-state index contributed by atoms with van der Waals surface area (Å²) in [6, 6.07) is 13.3. The molecule has 4 heterocycles. The molecule has 2 amide bonds. The fourth-order valence-corrected chi connectivity index (χ4v) is 5.61. The van der Waals surface area contributed by atoms with E-state index in [1.54, 1.807) is 24.1 Å². The number of anilines is 1.